The first-order chi connectivity index (χ1) is 13.4. The SMILES string of the molecule is Cc1ccc(NCC(=O)NNC(=O)c2cnn(-c3cccc(Cl)c3)c2)c(C)c1. The van der Waals surface area contributed by atoms with Crippen LogP contribution in [0.15, 0.2) is 54.9 Å². The first kappa shape index (κ1) is 19.4. The average molecular weight is 398 g/mol. The van der Waals surface area contributed by atoms with Crippen LogP contribution in [0.3, 0.4) is 0 Å². The number of nitrogens with one attached hydrogen (secondary N) is 3. The molecule has 0 spiro atoms. The van der Waals surface area contributed by atoms with E-state index in [9.17, 15) is 9.59 Å². The Morgan fingerprint density at radius 1 is 1.11 bits per heavy atom. The molecular formula is C20H20ClN5O2. The normalized spacial score (nSPS) is 10.4. The summed E-state index contributed by atoms with van der Waals surface area (Å²) in [5, 5.41) is 7.75. The summed E-state index contributed by atoms with van der Waals surface area (Å²) in [5.41, 5.74) is 8.86. The van der Waals surface area contributed by atoms with Gasteiger partial charge in [0.2, 0.25) is 0 Å². The smallest absolute Gasteiger partial charge is 0.272 e. The fourth-order valence-electron chi connectivity index (χ4n) is 2.63. The molecule has 0 aliphatic rings. The summed E-state index contributed by atoms with van der Waals surface area (Å²) in [6.45, 7) is 4.01. The zero-order valence-corrected chi connectivity index (χ0v) is 16.2. The minimum atomic E-state index is -0.465. The third-order valence-corrected chi connectivity index (χ3v) is 4.29. The molecule has 1 heterocycles. The maximum atomic E-state index is 12.2. The second kappa shape index (κ2) is 8.58. The van der Waals surface area contributed by atoms with Gasteiger partial charge < -0.3 is 5.32 Å². The van der Waals surface area contributed by atoms with Crippen LogP contribution in [0.1, 0.15) is 21.5 Å². The van der Waals surface area contributed by atoms with Crippen molar-refractivity contribution in [1.29, 1.82) is 0 Å². The van der Waals surface area contributed by atoms with Gasteiger partial charge in [-0.05, 0) is 43.7 Å². The quantitative estimate of drug-likeness (QED) is 0.577. The van der Waals surface area contributed by atoms with Crippen LogP contribution in [-0.2, 0) is 4.79 Å². The highest BCUT2D eigenvalue weighted by Gasteiger charge is 2.11. The highest BCUT2D eigenvalue weighted by molar-refractivity contribution is 6.30. The highest BCUT2D eigenvalue weighted by Crippen LogP contribution is 2.16. The van der Waals surface area contributed by atoms with E-state index in [0.717, 1.165) is 22.5 Å². The maximum absolute atomic E-state index is 12.2. The molecule has 0 fully saturated rings. The number of carbonyl (C=O) groups is 2. The van der Waals surface area contributed by atoms with Crippen molar-refractivity contribution in [2.75, 3.05) is 11.9 Å². The molecule has 0 saturated heterocycles. The minimum Gasteiger partial charge on any atom is -0.376 e. The fraction of sp³-hybridized carbons (Fsp3) is 0.150. The Morgan fingerprint density at radius 3 is 2.68 bits per heavy atom. The van der Waals surface area contributed by atoms with Crippen molar-refractivity contribution < 1.29 is 9.59 Å². The number of hydrazine groups is 1. The standard InChI is InChI=1S/C20H20ClN5O2/c1-13-6-7-18(14(2)8-13)22-11-19(27)24-25-20(28)15-10-23-26(12-15)17-5-3-4-16(21)9-17/h3-10,12,22H,11H2,1-2H3,(H,24,27)(H,25,28). The van der Waals surface area contributed by atoms with Crippen LogP contribution in [0.5, 0.6) is 0 Å². The van der Waals surface area contributed by atoms with Gasteiger partial charge in [0.1, 0.15) is 0 Å². The summed E-state index contributed by atoms with van der Waals surface area (Å²) in [4.78, 5) is 24.2. The van der Waals surface area contributed by atoms with E-state index in [1.165, 1.54) is 10.9 Å². The van der Waals surface area contributed by atoms with Crippen LogP contribution in [-0.4, -0.2) is 28.1 Å². The molecule has 8 heteroatoms. The van der Waals surface area contributed by atoms with Crippen molar-refractivity contribution in [3.05, 3.63) is 76.6 Å². The van der Waals surface area contributed by atoms with E-state index in [1.807, 2.05) is 38.1 Å². The molecule has 0 atom stereocenters. The number of amides is 2. The molecule has 0 radical (unpaired) electrons. The molecule has 0 unspecified atom stereocenters. The van der Waals surface area contributed by atoms with Gasteiger partial charge in [0.15, 0.2) is 0 Å². The molecule has 7 nitrogen and oxygen atoms in total. The Hall–Kier alpha value is -3.32. The maximum Gasteiger partial charge on any atom is 0.272 e. The molecule has 2 aromatic carbocycles. The van der Waals surface area contributed by atoms with Gasteiger partial charge in [-0.25, -0.2) is 4.68 Å². The predicted molar refractivity (Wildman–Crippen MR) is 109 cm³/mol. The first-order valence-electron chi connectivity index (χ1n) is 8.63. The fourth-order valence-corrected chi connectivity index (χ4v) is 2.81. The molecule has 3 N–H and O–H groups in total. The number of rotatable bonds is 5. The van der Waals surface area contributed by atoms with Crippen molar-refractivity contribution in [2.45, 2.75) is 13.8 Å². The number of anilines is 1. The third kappa shape index (κ3) is 4.89. The Labute approximate surface area is 167 Å². The van der Waals surface area contributed by atoms with E-state index in [0.29, 0.717) is 10.6 Å². The third-order valence-electron chi connectivity index (χ3n) is 4.05. The molecular weight excluding hydrogens is 378 g/mol. The lowest BCUT2D eigenvalue weighted by molar-refractivity contribution is -0.120. The molecule has 0 bridgehead atoms. The van der Waals surface area contributed by atoms with Crippen LogP contribution >= 0.6 is 11.6 Å². The van der Waals surface area contributed by atoms with E-state index < -0.39 is 5.91 Å². The van der Waals surface area contributed by atoms with Crippen LogP contribution in [0, 0.1) is 13.8 Å². The van der Waals surface area contributed by atoms with E-state index in [-0.39, 0.29) is 12.5 Å². The summed E-state index contributed by atoms with van der Waals surface area (Å²) in [7, 11) is 0. The van der Waals surface area contributed by atoms with Crippen LogP contribution in [0.2, 0.25) is 5.02 Å². The Bertz CT molecular complexity index is 1020. The van der Waals surface area contributed by atoms with Crippen molar-refractivity contribution in [1.82, 2.24) is 20.6 Å². The first-order valence-corrected chi connectivity index (χ1v) is 9.01. The number of benzene rings is 2. The second-order valence-electron chi connectivity index (χ2n) is 6.33. The number of aryl methyl sites for hydroxylation is 2. The molecule has 0 aliphatic heterocycles. The Kier molecular flexibility index (Phi) is 5.96. The van der Waals surface area contributed by atoms with Gasteiger partial charge in [0.25, 0.3) is 11.8 Å². The topological polar surface area (TPSA) is 88.1 Å². The summed E-state index contributed by atoms with van der Waals surface area (Å²) < 4.78 is 1.53. The second-order valence-corrected chi connectivity index (χ2v) is 6.76. The van der Waals surface area contributed by atoms with Crippen molar-refractivity contribution in [3.63, 3.8) is 0 Å². The lowest BCUT2D eigenvalue weighted by Gasteiger charge is -2.11. The van der Waals surface area contributed by atoms with E-state index >= 15 is 0 Å². The van der Waals surface area contributed by atoms with Gasteiger partial charge >= 0.3 is 0 Å². The Balaban J connectivity index is 1.52. The summed E-state index contributed by atoms with van der Waals surface area (Å²) >= 11 is 5.97. The average Bonchev–Trinajstić information content (AvgIpc) is 3.16. The van der Waals surface area contributed by atoms with E-state index in [4.69, 9.17) is 11.6 Å². The monoisotopic (exact) mass is 397 g/mol. The molecule has 3 rings (SSSR count). The van der Waals surface area contributed by atoms with Crippen LogP contribution < -0.4 is 16.2 Å². The predicted octanol–water partition coefficient (Wildman–Crippen LogP) is 3.02. The number of hydrogen-bond donors (Lipinski definition) is 3. The van der Waals surface area contributed by atoms with E-state index in [1.54, 1.807) is 24.4 Å². The molecule has 0 saturated carbocycles. The van der Waals surface area contributed by atoms with Crippen molar-refractivity contribution >= 4 is 29.1 Å². The molecule has 28 heavy (non-hydrogen) atoms. The van der Waals surface area contributed by atoms with Crippen molar-refractivity contribution in [3.8, 4) is 5.69 Å². The molecule has 3 aromatic rings. The van der Waals surface area contributed by atoms with Gasteiger partial charge in [-0.3, -0.25) is 20.4 Å². The molecule has 0 aliphatic carbocycles. The van der Waals surface area contributed by atoms with Gasteiger partial charge in [-0.1, -0.05) is 35.4 Å². The van der Waals surface area contributed by atoms with Crippen LogP contribution in [0.4, 0.5) is 5.69 Å². The lowest BCUT2D eigenvalue weighted by atomic mass is 10.1. The Morgan fingerprint density at radius 2 is 1.93 bits per heavy atom. The van der Waals surface area contributed by atoms with Crippen LogP contribution in [0.25, 0.3) is 5.69 Å². The summed E-state index contributed by atoms with van der Waals surface area (Å²) in [6, 6.07) is 13.0. The molecule has 2 amide bonds. The largest absolute Gasteiger partial charge is 0.376 e. The number of carbonyl (C=O) groups excluding carboxylic acids is 2. The molecule has 1 aromatic heterocycles. The summed E-state index contributed by atoms with van der Waals surface area (Å²) in [6.07, 6.45) is 2.97. The number of nitrogens with zero attached hydrogens (tertiary/aromatic N) is 2. The summed E-state index contributed by atoms with van der Waals surface area (Å²) in [5.74, 6) is -0.830. The minimum absolute atomic E-state index is 0.0337. The number of hydrogen-bond acceptors (Lipinski definition) is 4. The number of halogens is 1. The van der Waals surface area contributed by atoms with Crippen molar-refractivity contribution in [2.24, 2.45) is 0 Å². The zero-order chi connectivity index (χ0) is 20.1. The van der Waals surface area contributed by atoms with Gasteiger partial charge in [-0.15, -0.1) is 0 Å². The van der Waals surface area contributed by atoms with Gasteiger partial charge in [0.05, 0.1) is 24.0 Å². The van der Waals surface area contributed by atoms with Gasteiger partial charge in [-0.2, -0.15) is 5.10 Å². The lowest BCUT2D eigenvalue weighted by Crippen LogP contribution is -2.44. The van der Waals surface area contributed by atoms with E-state index in [2.05, 4.69) is 21.3 Å². The highest BCUT2D eigenvalue weighted by atomic mass is 35.5. The molecule has 144 valence electrons. The zero-order valence-electron chi connectivity index (χ0n) is 15.5. The van der Waals surface area contributed by atoms with Gasteiger partial charge in [0, 0.05) is 16.9 Å². The number of aromatic nitrogens is 2.